The Bertz CT molecular complexity index is 696. The lowest BCUT2D eigenvalue weighted by atomic mass is 10.0. The molecule has 0 radical (unpaired) electrons. The van der Waals surface area contributed by atoms with Crippen LogP contribution in [0.5, 0.6) is 5.75 Å². The van der Waals surface area contributed by atoms with E-state index in [4.69, 9.17) is 4.74 Å². The molecule has 2 heterocycles. The van der Waals surface area contributed by atoms with Crippen molar-refractivity contribution < 1.29 is 4.74 Å². The van der Waals surface area contributed by atoms with E-state index in [0.717, 1.165) is 37.9 Å². The molecule has 6 heteroatoms. The Morgan fingerprint density at radius 2 is 2.00 bits per heavy atom. The van der Waals surface area contributed by atoms with Gasteiger partial charge in [-0.25, -0.2) is 0 Å². The summed E-state index contributed by atoms with van der Waals surface area (Å²) in [5.41, 5.74) is 1.23. The van der Waals surface area contributed by atoms with Crippen LogP contribution in [-0.2, 0) is 6.54 Å². The van der Waals surface area contributed by atoms with E-state index in [-0.39, 0.29) is 6.04 Å². The first-order valence-electron chi connectivity index (χ1n) is 9.15. The molecule has 3 rings (SSSR count). The Balaban J connectivity index is 1.67. The highest BCUT2D eigenvalue weighted by Crippen LogP contribution is 2.31. The van der Waals surface area contributed by atoms with Gasteiger partial charge in [-0.3, -0.25) is 9.89 Å². The van der Waals surface area contributed by atoms with Crippen LogP contribution in [0.3, 0.4) is 0 Å². The van der Waals surface area contributed by atoms with Gasteiger partial charge in [0, 0.05) is 24.0 Å². The quantitative estimate of drug-likeness (QED) is 0.579. The number of nitrogens with one attached hydrogen (secondary N) is 2. The normalized spacial score (nSPS) is 16.5. The Morgan fingerprint density at radius 3 is 2.69 bits per heavy atom. The van der Waals surface area contributed by atoms with E-state index in [9.17, 15) is 0 Å². The molecule has 0 spiro atoms. The van der Waals surface area contributed by atoms with Crippen molar-refractivity contribution in [3.63, 3.8) is 0 Å². The molecule has 1 fully saturated rings. The average molecular weight is 373 g/mol. The number of guanidine groups is 1. The van der Waals surface area contributed by atoms with Gasteiger partial charge in [0.2, 0.25) is 0 Å². The van der Waals surface area contributed by atoms with E-state index >= 15 is 0 Å². The fourth-order valence-corrected chi connectivity index (χ4v) is 4.07. The zero-order chi connectivity index (χ0) is 18.2. The molecule has 140 valence electrons. The van der Waals surface area contributed by atoms with Gasteiger partial charge in [0.25, 0.3) is 0 Å². The summed E-state index contributed by atoms with van der Waals surface area (Å²) in [6, 6.07) is 12.8. The molecule has 0 bridgehead atoms. The Kier molecular flexibility index (Phi) is 6.91. The van der Waals surface area contributed by atoms with Crippen LogP contribution < -0.4 is 15.4 Å². The summed E-state index contributed by atoms with van der Waals surface area (Å²) in [5, 5.41) is 9.00. The zero-order valence-electron chi connectivity index (χ0n) is 15.6. The van der Waals surface area contributed by atoms with Crippen molar-refractivity contribution in [2.75, 3.05) is 33.8 Å². The molecule has 1 aliphatic heterocycles. The molecule has 1 aliphatic rings. The molecule has 0 saturated carbocycles. The molecule has 1 aromatic heterocycles. The highest BCUT2D eigenvalue weighted by atomic mass is 32.1. The van der Waals surface area contributed by atoms with Gasteiger partial charge in [-0.1, -0.05) is 24.3 Å². The number of ether oxygens (including phenoxy) is 1. The number of thiophene rings is 1. The van der Waals surface area contributed by atoms with Gasteiger partial charge in [-0.2, -0.15) is 0 Å². The van der Waals surface area contributed by atoms with Crippen molar-refractivity contribution in [1.29, 1.82) is 0 Å². The van der Waals surface area contributed by atoms with Gasteiger partial charge in [0.05, 0.1) is 19.7 Å². The molecule has 1 atom stereocenters. The van der Waals surface area contributed by atoms with Crippen LogP contribution in [0.4, 0.5) is 0 Å². The summed E-state index contributed by atoms with van der Waals surface area (Å²) in [7, 11) is 3.56. The average Bonchev–Trinajstić information content (AvgIpc) is 3.39. The molecular weight excluding hydrogens is 344 g/mol. The van der Waals surface area contributed by atoms with E-state index in [1.54, 1.807) is 18.4 Å². The highest BCUT2D eigenvalue weighted by molar-refractivity contribution is 7.09. The van der Waals surface area contributed by atoms with Crippen LogP contribution >= 0.6 is 11.3 Å². The van der Waals surface area contributed by atoms with Crippen molar-refractivity contribution >= 4 is 17.3 Å². The summed E-state index contributed by atoms with van der Waals surface area (Å²) >= 11 is 1.75. The third-order valence-electron chi connectivity index (χ3n) is 4.78. The first kappa shape index (κ1) is 18.7. The Labute approximate surface area is 160 Å². The SMILES string of the molecule is CN=C(NCc1cccs1)NCC(c1ccccc1OC)N1CCCC1. The third kappa shape index (κ3) is 4.77. The monoisotopic (exact) mass is 372 g/mol. The number of rotatable bonds is 7. The van der Waals surface area contributed by atoms with Crippen LogP contribution in [0, 0.1) is 0 Å². The first-order chi connectivity index (χ1) is 12.8. The lowest BCUT2D eigenvalue weighted by molar-refractivity contribution is 0.239. The van der Waals surface area contributed by atoms with Gasteiger partial charge in [-0.15, -0.1) is 11.3 Å². The van der Waals surface area contributed by atoms with E-state index < -0.39 is 0 Å². The van der Waals surface area contributed by atoms with Crippen LogP contribution in [0.25, 0.3) is 0 Å². The molecule has 2 N–H and O–H groups in total. The third-order valence-corrected chi connectivity index (χ3v) is 5.65. The van der Waals surface area contributed by atoms with Gasteiger partial charge in [-0.05, 0) is 43.4 Å². The predicted molar refractivity (Wildman–Crippen MR) is 109 cm³/mol. The second-order valence-corrected chi connectivity index (χ2v) is 7.42. The number of benzene rings is 1. The van der Waals surface area contributed by atoms with Gasteiger partial charge in [0.1, 0.15) is 5.75 Å². The van der Waals surface area contributed by atoms with E-state index in [0.29, 0.717) is 0 Å². The van der Waals surface area contributed by atoms with Crippen molar-refractivity contribution in [2.45, 2.75) is 25.4 Å². The minimum atomic E-state index is 0.272. The fraction of sp³-hybridized carbons (Fsp3) is 0.450. The first-order valence-corrected chi connectivity index (χ1v) is 10.0. The van der Waals surface area contributed by atoms with Gasteiger partial charge in [0.15, 0.2) is 5.96 Å². The number of hydrogen-bond donors (Lipinski definition) is 2. The Hall–Kier alpha value is -2.05. The second kappa shape index (κ2) is 9.59. The molecule has 0 amide bonds. The standard InChI is InChI=1S/C20H28N4OS/c1-21-20(22-14-16-8-7-13-26-16)23-15-18(24-11-5-6-12-24)17-9-3-4-10-19(17)25-2/h3-4,7-10,13,18H,5-6,11-12,14-15H2,1-2H3,(H2,21,22,23). The second-order valence-electron chi connectivity index (χ2n) is 6.39. The number of para-hydroxylation sites is 1. The molecule has 1 aromatic carbocycles. The fourth-order valence-electron chi connectivity index (χ4n) is 3.43. The lowest BCUT2D eigenvalue weighted by Gasteiger charge is -2.30. The largest absolute Gasteiger partial charge is 0.496 e. The molecule has 0 aliphatic carbocycles. The topological polar surface area (TPSA) is 48.9 Å². The summed E-state index contributed by atoms with van der Waals surface area (Å²) in [6.07, 6.45) is 2.52. The smallest absolute Gasteiger partial charge is 0.191 e. The van der Waals surface area contributed by atoms with Crippen LogP contribution in [0.1, 0.15) is 29.3 Å². The minimum absolute atomic E-state index is 0.272. The van der Waals surface area contributed by atoms with Crippen LogP contribution in [0.2, 0.25) is 0 Å². The van der Waals surface area contributed by atoms with Crippen molar-refractivity contribution in [1.82, 2.24) is 15.5 Å². The minimum Gasteiger partial charge on any atom is -0.496 e. The maximum atomic E-state index is 5.62. The van der Waals surface area contributed by atoms with Crippen LogP contribution in [0.15, 0.2) is 46.8 Å². The number of aliphatic imine (C=N–C) groups is 1. The summed E-state index contributed by atoms with van der Waals surface area (Å²) in [6.45, 7) is 3.85. The predicted octanol–water partition coefficient (Wildman–Crippen LogP) is 3.26. The summed E-state index contributed by atoms with van der Waals surface area (Å²) < 4.78 is 5.62. The number of likely N-dealkylation sites (tertiary alicyclic amines) is 1. The molecular formula is C20H28N4OS. The summed E-state index contributed by atoms with van der Waals surface area (Å²) in [5.74, 6) is 1.78. The molecule has 5 nitrogen and oxygen atoms in total. The number of nitrogens with zero attached hydrogens (tertiary/aromatic N) is 2. The molecule has 26 heavy (non-hydrogen) atoms. The lowest BCUT2D eigenvalue weighted by Crippen LogP contribution is -2.42. The maximum absolute atomic E-state index is 5.62. The molecule has 2 aromatic rings. The van der Waals surface area contributed by atoms with Gasteiger partial charge >= 0.3 is 0 Å². The summed E-state index contributed by atoms with van der Waals surface area (Å²) in [4.78, 5) is 8.21. The van der Waals surface area contributed by atoms with E-state index in [1.165, 1.54) is 23.3 Å². The zero-order valence-corrected chi connectivity index (χ0v) is 16.4. The number of hydrogen-bond acceptors (Lipinski definition) is 4. The highest BCUT2D eigenvalue weighted by Gasteiger charge is 2.25. The molecule has 1 saturated heterocycles. The van der Waals surface area contributed by atoms with E-state index in [1.807, 2.05) is 19.2 Å². The van der Waals surface area contributed by atoms with Crippen molar-refractivity contribution in [3.05, 3.63) is 52.2 Å². The van der Waals surface area contributed by atoms with Crippen molar-refractivity contribution in [2.24, 2.45) is 4.99 Å². The van der Waals surface area contributed by atoms with E-state index in [2.05, 4.69) is 50.2 Å². The van der Waals surface area contributed by atoms with Crippen molar-refractivity contribution in [3.8, 4) is 5.75 Å². The molecule has 1 unspecified atom stereocenters. The van der Waals surface area contributed by atoms with Crippen LogP contribution in [-0.4, -0.2) is 44.7 Å². The maximum Gasteiger partial charge on any atom is 0.191 e. The van der Waals surface area contributed by atoms with Gasteiger partial charge < -0.3 is 15.4 Å². The Morgan fingerprint density at radius 1 is 1.19 bits per heavy atom. The number of methoxy groups -OCH3 is 1.